The Hall–Kier alpha value is -2.06. The zero-order valence-electron chi connectivity index (χ0n) is 12.0. The van der Waals surface area contributed by atoms with Gasteiger partial charge >= 0.3 is 12.1 Å². The fourth-order valence-corrected chi connectivity index (χ4v) is 2.60. The maximum absolute atomic E-state index is 13.1. The SMILES string of the molecule is CCc1noc(C)c1C(=O)N1CCC(C(=O)O)(C(F)(F)F)C1. The van der Waals surface area contributed by atoms with E-state index in [-0.39, 0.29) is 17.9 Å². The lowest BCUT2D eigenvalue weighted by Crippen LogP contribution is -2.47. The van der Waals surface area contributed by atoms with Crippen LogP contribution in [0.4, 0.5) is 13.2 Å². The number of hydrogen-bond donors (Lipinski definition) is 1. The van der Waals surface area contributed by atoms with Crippen molar-refractivity contribution in [3.8, 4) is 0 Å². The van der Waals surface area contributed by atoms with Gasteiger partial charge in [0.1, 0.15) is 11.3 Å². The van der Waals surface area contributed by atoms with Crippen molar-refractivity contribution in [1.29, 1.82) is 0 Å². The second-order valence-corrected chi connectivity index (χ2v) is 5.28. The molecule has 0 radical (unpaired) electrons. The quantitative estimate of drug-likeness (QED) is 0.921. The number of rotatable bonds is 3. The first-order chi connectivity index (χ1) is 10.1. The standard InChI is InChI=1S/C13H15F3N2O4/c1-3-8-9(7(2)22-17-8)10(19)18-5-4-12(6-18,11(20)21)13(14,15)16/h3-6H2,1-2H3,(H,20,21). The molecule has 1 aromatic heterocycles. The number of carbonyl (C=O) groups is 2. The zero-order valence-corrected chi connectivity index (χ0v) is 12.0. The molecule has 122 valence electrons. The van der Waals surface area contributed by atoms with Crippen LogP contribution in [0.3, 0.4) is 0 Å². The predicted octanol–water partition coefficient (Wildman–Crippen LogP) is 2.02. The molecule has 1 fully saturated rings. The number of carboxylic acid groups (broad SMARTS) is 1. The lowest BCUT2D eigenvalue weighted by molar-refractivity contribution is -0.227. The highest BCUT2D eigenvalue weighted by Gasteiger charge is 2.64. The van der Waals surface area contributed by atoms with Gasteiger partial charge in [-0.2, -0.15) is 13.2 Å². The van der Waals surface area contributed by atoms with Crippen molar-refractivity contribution in [2.24, 2.45) is 5.41 Å². The van der Waals surface area contributed by atoms with Crippen LogP contribution in [-0.2, 0) is 11.2 Å². The van der Waals surface area contributed by atoms with Crippen molar-refractivity contribution in [2.45, 2.75) is 32.9 Å². The molecule has 22 heavy (non-hydrogen) atoms. The second kappa shape index (κ2) is 5.29. The number of amides is 1. The average Bonchev–Trinajstić information content (AvgIpc) is 3.01. The predicted molar refractivity (Wildman–Crippen MR) is 67.3 cm³/mol. The number of carbonyl (C=O) groups excluding carboxylic acids is 1. The Morgan fingerprint density at radius 3 is 2.55 bits per heavy atom. The molecule has 1 atom stereocenters. The number of aryl methyl sites for hydroxylation is 2. The molecule has 0 bridgehead atoms. The number of likely N-dealkylation sites (tertiary alicyclic amines) is 1. The van der Waals surface area contributed by atoms with E-state index >= 15 is 0 Å². The van der Waals surface area contributed by atoms with E-state index in [0.717, 1.165) is 4.90 Å². The summed E-state index contributed by atoms with van der Waals surface area (Å²) in [5.41, 5.74) is -2.45. The van der Waals surface area contributed by atoms with Gasteiger partial charge in [-0.15, -0.1) is 0 Å². The lowest BCUT2D eigenvalue weighted by atomic mass is 9.86. The molecule has 1 N–H and O–H groups in total. The summed E-state index contributed by atoms with van der Waals surface area (Å²) in [5.74, 6) is -2.43. The summed E-state index contributed by atoms with van der Waals surface area (Å²) in [6, 6.07) is 0. The first-order valence-corrected chi connectivity index (χ1v) is 6.68. The van der Waals surface area contributed by atoms with Crippen LogP contribution in [0, 0.1) is 12.3 Å². The monoisotopic (exact) mass is 320 g/mol. The summed E-state index contributed by atoms with van der Waals surface area (Å²) in [4.78, 5) is 24.4. The largest absolute Gasteiger partial charge is 0.481 e. The van der Waals surface area contributed by atoms with Gasteiger partial charge in [0.2, 0.25) is 0 Å². The van der Waals surface area contributed by atoms with E-state index in [2.05, 4.69) is 5.16 Å². The summed E-state index contributed by atoms with van der Waals surface area (Å²) in [6.45, 7) is 2.04. The van der Waals surface area contributed by atoms with Crippen molar-refractivity contribution in [1.82, 2.24) is 10.1 Å². The van der Waals surface area contributed by atoms with E-state index in [9.17, 15) is 22.8 Å². The average molecular weight is 320 g/mol. The molecule has 0 aromatic carbocycles. The molecule has 1 aromatic rings. The number of carboxylic acids is 1. The third kappa shape index (κ3) is 2.34. The van der Waals surface area contributed by atoms with E-state index in [1.54, 1.807) is 6.92 Å². The molecule has 0 spiro atoms. The van der Waals surface area contributed by atoms with Crippen LogP contribution in [0.15, 0.2) is 4.52 Å². The molecule has 2 rings (SSSR count). The van der Waals surface area contributed by atoms with Gasteiger partial charge in [-0.1, -0.05) is 12.1 Å². The van der Waals surface area contributed by atoms with Gasteiger partial charge in [0.25, 0.3) is 5.91 Å². The molecule has 9 heteroatoms. The Balaban J connectivity index is 2.31. The highest BCUT2D eigenvalue weighted by Crippen LogP contribution is 2.46. The molecule has 1 aliphatic heterocycles. The van der Waals surface area contributed by atoms with Crippen molar-refractivity contribution >= 4 is 11.9 Å². The summed E-state index contributed by atoms with van der Waals surface area (Å²) in [7, 11) is 0. The van der Waals surface area contributed by atoms with Crippen LogP contribution in [0.5, 0.6) is 0 Å². The topological polar surface area (TPSA) is 83.6 Å². The number of halogens is 3. The Morgan fingerprint density at radius 1 is 1.45 bits per heavy atom. The van der Waals surface area contributed by atoms with Gasteiger partial charge in [-0.05, 0) is 19.8 Å². The van der Waals surface area contributed by atoms with Crippen molar-refractivity contribution in [3.05, 3.63) is 17.0 Å². The maximum atomic E-state index is 13.1. The Morgan fingerprint density at radius 2 is 2.09 bits per heavy atom. The van der Waals surface area contributed by atoms with Crippen LogP contribution in [0.1, 0.15) is 35.2 Å². The minimum atomic E-state index is -4.93. The summed E-state index contributed by atoms with van der Waals surface area (Å²) >= 11 is 0. The highest BCUT2D eigenvalue weighted by atomic mass is 19.4. The minimum Gasteiger partial charge on any atom is -0.481 e. The molecule has 0 saturated carbocycles. The molecular weight excluding hydrogens is 305 g/mol. The van der Waals surface area contributed by atoms with Gasteiger partial charge in [-0.25, -0.2) is 0 Å². The van der Waals surface area contributed by atoms with E-state index in [4.69, 9.17) is 9.63 Å². The molecule has 2 heterocycles. The van der Waals surface area contributed by atoms with Gasteiger partial charge in [0, 0.05) is 13.1 Å². The van der Waals surface area contributed by atoms with E-state index in [1.165, 1.54) is 6.92 Å². The van der Waals surface area contributed by atoms with E-state index in [1.807, 2.05) is 0 Å². The molecule has 1 saturated heterocycles. The van der Waals surface area contributed by atoms with Gasteiger partial charge in [0.15, 0.2) is 5.41 Å². The molecule has 1 unspecified atom stereocenters. The summed E-state index contributed by atoms with van der Waals surface area (Å²) in [6.07, 6.45) is -5.20. The third-order valence-corrected chi connectivity index (χ3v) is 3.99. The fourth-order valence-electron chi connectivity index (χ4n) is 2.60. The third-order valence-electron chi connectivity index (χ3n) is 3.99. The summed E-state index contributed by atoms with van der Waals surface area (Å²) < 4.78 is 44.3. The molecule has 6 nitrogen and oxygen atoms in total. The molecule has 0 aliphatic carbocycles. The van der Waals surface area contributed by atoms with E-state index < -0.39 is 36.4 Å². The van der Waals surface area contributed by atoms with Crippen LogP contribution in [0.2, 0.25) is 0 Å². The van der Waals surface area contributed by atoms with Crippen molar-refractivity contribution in [2.75, 3.05) is 13.1 Å². The Labute approximate surface area is 123 Å². The number of hydrogen-bond acceptors (Lipinski definition) is 4. The van der Waals surface area contributed by atoms with Crippen LogP contribution in [-0.4, -0.2) is 46.3 Å². The highest BCUT2D eigenvalue weighted by molar-refractivity contribution is 5.97. The Bertz CT molecular complexity index is 611. The number of alkyl halides is 3. The van der Waals surface area contributed by atoms with Crippen LogP contribution >= 0.6 is 0 Å². The maximum Gasteiger partial charge on any atom is 0.406 e. The van der Waals surface area contributed by atoms with Gasteiger partial charge < -0.3 is 14.5 Å². The van der Waals surface area contributed by atoms with Crippen molar-refractivity contribution < 1.29 is 32.4 Å². The first kappa shape index (κ1) is 16.3. The lowest BCUT2D eigenvalue weighted by Gasteiger charge is -2.27. The van der Waals surface area contributed by atoms with Gasteiger partial charge in [-0.3, -0.25) is 9.59 Å². The molecular formula is C13H15F3N2O4. The Kier molecular flexibility index (Phi) is 3.92. The number of nitrogens with zero attached hydrogens (tertiary/aromatic N) is 2. The number of aliphatic carboxylic acids is 1. The summed E-state index contributed by atoms with van der Waals surface area (Å²) in [5, 5.41) is 12.7. The van der Waals surface area contributed by atoms with Crippen LogP contribution in [0.25, 0.3) is 0 Å². The van der Waals surface area contributed by atoms with Gasteiger partial charge in [0.05, 0.1) is 5.69 Å². The van der Waals surface area contributed by atoms with Crippen molar-refractivity contribution in [3.63, 3.8) is 0 Å². The van der Waals surface area contributed by atoms with Crippen LogP contribution < -0.4 is 0 Å². The minimum absolute atomic E-state index is 0.117. The second-order valence-electron chi connectivity index (χ2n) is 5.28. The first-order valence-electron chi connectivity index (χ1n) is 6.68. The van der Waals surface area contributed by atoms with E-state index in [0.29, 0.717) is 12.1 Å². The normalized spacial score (nSPS) is 22.1. The molecule has 1 amide bonds. The smallest absolute Gasteiger partial charge is 0.406 e. The number of aromatic nitrogens is 1. The molecule has 1 aliphatic rings. The zero-order chi connectivity index (χ0) is 16.7. The fraction of sp³-hybridized carbons (Fsp3) is 0.615.